The van der Waals surface area contributed by atoms with Gasteiger partial charge in [-0.25, -0.2) is 0 Å². The molecule has 20 heavy (non-hydrogen) atoms. The molecule has 2 aromatic rings. The van der Waals surface area contributed by atoms with E-state index in [-0.39, 0.29) is 0 Å². The van der Waals surface area contributed by atoms with Crippen molar-refractivity contribution >= 4 is 10.8 Å². The van der Waals surface area contributed by atoms with Gasteiger partial charge in [-0.05, 0) is 42.6 Å². The molecular formula is C18H24N2. The maximum atomic E-state index is 3.57. The number of fused-ring (bicyclic) bond motifs is 1. The molecule has 0 spiro atoms. The van der Waals surface area contributed by atoms with Gasteiger partial charge in [-0.1, -0.05) is 42.5 Å². The Hall–Kier alpha value is -1.38. The van der Waals surface area contributed by atoms with E-state index in [9.17, 15) is 0 Å². The van der Waals surface area contributed by atoms with Crippen molar-refractivity contribution in [2.24, 2.45) is 0 Å². The van der Waals surface area contributed by atoms with Crippen LogP contribution in [0.1, 0.15) is 18.4 Å². The summed E-state index contributed by atoms with van der Waals surface area (Å²) in [6.45, 7) is 3.39. The lowest BCUT2D eigenvalue weighted by atomic mass is 10.0. The monoisotopic (exact) mass is 268 g/mol. The average molecular weight is 268 g/mol. The van der Waals surface area contributed by atoms with Gasteiger partial charge in [-0.3, -0.25) is 0 Å². The normalized spacial score (nSPS) is 15.1. The third-order valence-corrected chi connectivity index (χ3v) is 4.15. The Bertz CT molecular complexity index is 555. The van der Waals surface area contributed by atoms with Crippen LogP contribution in [0.2, 0.25) is 0 Å². The van der Waals surface area contributed by atoms with Crippen molar-refractivity contribution in [3.05, 3.63) is 48.0 Å². The van der Waals surface area contributed by atoms with Crippen molar-refractivity contribution in [1.29, 1.82) is 0 Å². The zero-order chi connectivity index (χ0) is 13.8. The topological polar surface area (TPSA) is 15.3 Å². The molecule has 0 aromatic heterocycles. The van der Waals surface area contributed by atoms with Gasteiger partial charge >= 0.3 is 0 Å². The number of benzene rings is 2. The van der Waals surface area contributed by atoms with Crippen molar-refractivity contribution < 1.29 is 0 Å². The van der Waals surface area contributed by atoms with E-state index in [0.717, 1.165) is 32.1 Å². The number of hydrogen-bond acceptors (Lipinski definition) is 2. The van der Waals surface area contributed by atoms with Crippen LogP contribution in [0.3, 0.4) is 0 Å². The minimum atomic E-state index is 0.821. The van der Waals surface area contributed by atoms with E-state index in [1.807, 2.05) is 0 Å². The first kappa shape index (κ1) is 13.6. The van der Waals surface area contributed by atoms with Crippen LogP contribution >= 0.6 is 0 Å². The zero-order valence-electron chi connectivity index (χ0n) is 12.3. The summed E-state index contributed by atoms with van der Waals surface area (Å²) in [7, 11) is 2.22. The number of hydrogen-bond donors (Lipinski definition) is 1. The highest BCUT2D eigenvalue weighted by atomic mass is 15.1. The van der Waals surface area contributed by atoms with Crippen LogP contribution in [0.15, 0.2) is 42.5 Å². The number of likely N-dealkylation sites (N-methyl/N-ethyl adjacent to an activating group) is 1. The summed E-state index contributed by atoms with van der Waals surface area (Å²) >= 11 is 0. The molecule has 1 fully saturated rings. The van der Waals surface area contributed by atoms with Gasteiger partial charge in [0.05, 0.1) is 0 Å². The summed E-state index contributed by atoms with van der Waals surface area (Å²) in [4.78, 5) is 2.43. The molecule has 2 aromatic carbocycles. The summed E-state index contributed by atoms with van der Waals surface area (Å²) in [6.07, 6.45) is 3.88. The third-order valence-electron chi connectivity index (χ3n) is 4.15. The molecule has 1 aliphatic carbocycles. The molecule has 2 nitrogen and oxygen atoms in total. The molecule has 1 N–H and O–H groups in total. The first-order valence-corrected chi connectivity index (χ1v) is 7.71. The van der Waals surface area contributed by atoms with E-state index in [0.29, 0.717) is 0 Å². The lowest BCUT2D eigenvalue weighted by Crippen LogP contribution is -2.31. The summed E-state index contributed by atoms with van der Waals surface area (Å²) in [5.74, 6) is 0. The largest absolute Gasteiger partial charge is 0.313 e. The predicted octanol–water partition coefficient (Wildman–Crippen LogP) is 3.07. The highest BCUT2D eigenvalue weighted by molar-refractivity contribution is 5.85. The molecule has 106 valence electrons. The Labute approximate surface area is 121 Å². The minimum Gasteiger partial charge on any atom is -0.313 e. The van der Waals surface area contributed by atoms with E-state index in [2.05, 4.69) is 59.7 Å². The van der Waals surface area contributed by atoms with Crippen LogP contribution in [0.4, 0.5) is 0 Å². The molecule has 0 saturated heterocycles. The highest BCUT2D eigenvalue weighted by Crippen LogP contribution is 2.19. The maximum Gasteiger partial charge on any atom is 0.0104 e. The first-order valence-electron chi connectivity index (χ1n) is 7.71. The van der Waals surface area contributed by atoms with E-state index in [1.54, 1.807) is 0 Å². The first-order chi connectivity index (χ1) is 9.83. The van der Waals surface area contributed by atoms with Crippen LogP contribution in [0.25, 0.3) is 10.8 Å². The average Bonchev–Trinajstić information content (AvgIpc) is 3.29. The fourth-order valence-electron chi connectivity index (χ4n) is 2.68. The van der Waals surface area contributed by atoms with Gasteiger partial charge in [0, 0.05) is 25.7 Å². The van der Waals surface area contributed by atoms with Gasteiger partial charge in [-0.15, -0.1) is 0 Å². The van der Waals surface area contributed by atoms with Crippen LogP contribution in [0.5, 0.6) is 0 Å². The maximum absolute atomic E-state index is 3.57. The van der Waals surface area contributed by atoms with Crippen molar-refractivity contribution in [3.8, 4) is 0 Å². The fraction of sp³-hybridized carbons (Fsp3) is 0.444. The van der Waals surface area contributed by atoms with Gasteiger partial charge in [0.15, 0.2) is 0 Å². The van der Waals surface area contributed by atoms with Crippen molar-refractivity contribution in [2.45, 2.75) is 25.3 Å². The predicted molar refractivity (Wildman–Crippen MR) is 86.2 cm³/mol. The van der Waals surface area contributed by atoms with Crippen LogP contribution in [-0.4, -0.2) is 37.6 Å². The zero-order valence-corrected chi connectivity index (χ0v) is 12.3. The Morgan fingerprint density at radius 3 is 2.70 bits per heavy atom. The van der Waals surface area contributed by atoms with Gasteiger partial charge in [0.25, 0.3) is 0 Å². The Morgan fingerprint density at radius 2 is 1.85 bits per heavy atom. The Balaban J connectivity index is 1.53. The summed E-state index contributed by atoms with van der Waals surface area (Å²) in [5, 5.41) is 6.33. The third kappa shape index (κ3) is 3.59. The molecule has 1 saturated carbocycles. The summed E-state index contributed by atoms with van der Waals surface area (Å²) < 4.78 is 0. The summed E-state index contributed by atoms with van der Waals surface area (Å²) in [6, 6.07) is 16.1. The van der Waals surface area contributed by atoms with Crippen LogP contribution in [-0.2, 0) is 6.42 Å². The molecular weight excluding hydrogens is 244 g/mol. The van der Waals surface area contributed by atoms with Crippen LogP contribution < -0.4 is 5.32 Å². The second-order valence-corrected chi connectivity index (χ2v) is 5.92. The molecule has 0 aliphatic heterocycles. The molecule has 1 aliphatic rings. The molecule has 0 atom stereocenters. The molecule has 0 amide bonds. The molecule has 2 heteroatoms. The van der Waals surface area contributed by atoms with Crippen molar-refractivity contribution in [1.82, 2.24) is 10.2 Å². The second kappa shape index (κ2) is 6.38. The van der Waals surface area contributed by atoms with E-state index in [1.165, 1.54) is 29.2 Å². The Morgan fingerprint density at radius 1 is 1.05 bits per heavy atom. The van der Waals surface area contributed by atoms with Crippen LogP contribution in [0, 0.1) is 0 Å². The van der Waals surface area contributed by atoms with Gasteiger partial charge in [-0.2, -0.15) is 0 Å². The van der Waals surface area contributed by atoms with E-state index >= 15 is 0 Å². The molecule has 3 rings (SSSR count). The molecule has 0 heterocycles. The molecule has 0 unspecified atom stereocenters. The van der Waals surface area contributed by atoms with Crippen molar-refractivity contribution in [3.63, 3.8) is 0 Å². The molecule has 0 bridgehead atoms. The van der Waals surface area contributed by atoms with Gasteiger partial charge in [0.1, 0.15) is 0 Å². The minimum absolute atomic E-state index is 0.821. The standard InChI is InChI=1S/C18H24N2/c1-20(14-12-19-17-9-10-17)13-11-16-7-4-6-15-5-2-3-8-18(15)16/h2-8,17,19H,9-14H2,1H3. The highest BCUT2D eigenvalue weighted by Gasteiger charge is 2.19. The van der Waals surface area contributed by atoms with Gasteiger partial charge in [0.2, 0.25) is 0 Å². The number of rotatable bonds is 7. The summed E-state index contributed by atoms with van der Waals surface area (Å²) in [5.41, 5.74) is 1.46. The lowest BCUT2D eigenvalue weighted by Gasteiger charge is -2.17. The molecule has 0 radical (unpaired) electrons. The lowest BCUT2D eigenvalue weighted by molar-refractivity contribution is 0.335. The number of nitrogens with one attached hydrogen (secondary N) is 1. The Kier molecular flexibility index (Phi) is 4.34. The van der Waals surface area contributed by atoms with E-state index < -0.39 is 0 Å². The van der Waals surface area contributed by atoms with Gasteiger partial charge < -0.3 is 10.2 Å². The van der Waals surface area contributed by atoms with E-state index in [4.69, 9.17) is 0 Å². The number of nitrogens with zero attached hydrogens (tertiary/aromatic N) is 1. The SMILES string of the molecule is CN(CCNC1CC1)CCc1cccc2ccccc12. The quantitative estimate of drug-likeness (QED) is 0.830. The smallest absolute Gasteiger partial charge is 0.0104 e. The fourth-order valence-corrected chi connectivity index (χ4v) is 2.68. The second-order valence-electron chi connectivity index (χ2n) is 5.92. The van der Waals surface area contributed by atoms with Crippen molar-refractivity contribution in [2.75, 3.05) is 26.7 Å².